The van der Waals surface area contributed by atoms with Crippen molar-refractivity contribution in [3.05, 3.63) is 36.1 Å². The third-order valence-corrected chi connectivity index (χ3v) is 4.55. The monoisotopic (exact) mass is 286 g/mol. The fourth-order valence-electron chi connectivity index (χ4n) is 2.36. The highest BCUT2D eigenvalue weighted by Crippen LogP contribution is 2.27. The van der Waals surface area contributed by atoms with Crippen LogP contribution in [0.1, 0.15) is 23.4 Å². The van der Waals surface area contributed by atoms with Crippen LogP contribution >= 0.6 is 11.8 Å². The van der Waals surface area contributed by atoms with E-state index in [4.69, 9.17) is 4.42 Å². The topological polar surface area (TPSA) is 66.0 Å². The lowest BCUT2D eigenvalue weighted by atomic mass is 9.94. The van der Waals surface area contributed by atoms with Crippen molar-refractivity contribution in [1.29, 1.82) is 5.26 Å². The quantitative estimate of drug-likeness (QED) is 0.921. The number of amides is 1. The first kappa shape index (κ1) is 13.1. The van der Waals surface area contributed by atoms with Crippen molar-refractivity contribution >= 4 is 28.6 Å². The summed E-state index contributed by atoms with van der Waals surface area (Å²) in [4.78, 5) is 12.3. The Morgan fingerprint density at radius 1 is 1.35 bits per heavy atom. The molecule has 3 rings (SSSR count). The van der Waals surface area contributed by atoms with Crippen LogP contribution in [0.5, 0.6) is 0 Å². The largest absolute Gasteiger partial charge is 0.451 e. The summed E-state index contributed by atoms with van der Waals surface area (Å²) >= 11 is 1.81. The Morgan fingerprint density at radius 3 is 2.80 bits per heavy atom. The lowest BCUT2D eigenvalue weighted by Gasteiger charge is -2.30. The Hall–Kier alpha value is -1.93. The minimum atomic E-state index is -0.749. The number of nitrogens with one attached hydrogen (secondary N) is 1. The van der Waals surface area contributed by atoms with Crippen LogP contribution in [0.2, 0.25) is 0 Å². The molecule has 1 aromatic carbocycles. The maximum absolute atomic E-state index is 12.3. The number of benzene rings is 1. The van der Waals surface area contributed by atoms with Crippen LogP contribution in [-0.2, 0) is 0 Å². The lowest BCUT2D eigenvalue weighted by molar-refractivity contribution is 0.0889. The summed E-state index contributed by atoms with van der Waals surface area (Å²) in [5.41, 5.74) is -0.0655. The van der Waals surface area contributed by atoms with E-state index in [9.17, 15) is 10.1 Å². The van der Waals surface area contributed by atoms with Gasteiger partial charge in [-0.05, 0) is 36.5 Å². The summed E-state index contributed by atoms with van der Waals surface area (Å²) in [5, 5.41) is 13.1. The molecule has 1 aliphatic heterocycles. The average molecular weight is 286 g/mol. The summed E-state index contributed by atoms with van der Waals surface area (Å²) < 4.78 is 5.53. The van der Waals surface area contributed by atoms with E-state index < -0.39 is 5.54 Å². The fraction of sp³-hybridized carbons (Fsp3) is 0.333. The molecule has 0 aliphatic carbocycles. The first-order chi connectivity index (χ1) is 9.72. The van der Waals surface area contributed by atoms with Crippen molar-refractivity contribution in [2.75, 3.05) is 11.5 Å². The molecule has 4 nitrogen and oxygen atoms in total. The SMILES string of the molecule is N#CC1(NC(=O)c2cc3ccccc3o2)CCSCC1. The number of carbonyl (C=O) groups is 1. The van der Waals surface area contributed by atoms with Gasteiger partial charge in [0.25, 0.3) is 5.91 Å². The number of carbonyl (C=O) groups excluding carboxylic acids is 1. The summed E-state index contributed by atoms with van der Waals surface area (Å²) in [6, 6.07) is 11.5. The molecule has 1 amide bonds. The highest BCUT2D eigenvalue weighted by molar-refractivity contribution is 7.99. The molecule has 1 fully saturated rings. The zero-order valence-electron chi connectivity index (χ0n) is 10.9. The highest BCUT2D eigenvalue weighted by Gasteiger charge is 2.34. The Balaban J connectivity index is 1.83. The second-order valence-corrected chi connectivity index (χ2v) is 6.13. The maximum Gasteiger partial charge on any atom is 0.288 e. The van der Waals surface area contributed by atoms with Crippen molar-refractivity contribution in [2.24, 2.45) is 0 Å². The molecule has 2 aromatic rings. The Labute approximate surface area is 121 Å². The number of hydrogen-bond acceptors (Lipinski definition) is 4. The average Bonchev–Trinajstić information content (AvgIpc) is 2.92. The summed E-state index contributed by atoms with van der Waals surface area (Å²) in [6.07, 6.45) is 1.36. The molecule has 0 saturated carbocycles. The number of thioether (sulfide) groups is 1. The van der Waals surface area contributed by atoms with Gasteiger partial charge in [-0.15, -0.1) is 0 Å². The summed E-state index contributed by atoms with van der Waals surface area (Å²) in [6.45, 7) is 0. The molecular weight excluding hydrogens is 272 g/mol. The van der Waals surface area contributed by atoms with Gasteiger partial charge in [-0.25, -0.2) is 0 Å². The predicted molar refractivity (Wildman–Crippen MR) is 78.6 cm³/mol. The number of para-hydroxylation sites is 1. The third kappa shape index (κ3) is 2.39. The standard InChI is InChI=1S/C15H14N2O2S/c16-10-15(5-7-20-8-6-15)17-14(18)13-9-11-3-1-2-4-12(11)19-13/h1-4,9H,5-8H2,(H,17,18). The van der Waals surface area contributed by atoms with Crippen LogP contribution in [0, 0.1) is 11.3 Å². The van der Waals surface area contributed by atoms with E-state index in [1.54, 1.807) is 6.07 Å². The van der Waals surface area contributed by atoms with E-state index in [0.717, 1.165) is 16.9 Å². The number of hydrogen-bond donors (Lipinski definition) is 1. The highest BCUT2D eigenvalue weighted by atomic mass is 32.2. The predicted octanol–water partition coefficient (Wildman–Crippen LogP) is 2.95. The van der Waals surface area contributed by atoms with E-state index in [1.807, 2.05) is 36.0 Å². The van der Waals surface area contributed by atoms with Crippen LogP contribution in [-0.4, -0.2) is 23.0 Å². The molecule has 0 unspecified atom stereocenters. The van der Waals surface area contributed by atoms with Crippen LogP contribution in [0.15, 0.2) is 34.7 Å². The molecule has 1 aromatic heterocycles. The smallest absolute Gasteiger partial charge is 0.288 e. The van der Waals surface area contributed by atoms with Gasteiger partial charge in [-0.1, -0.05) is 18.2 Å². The van der Waals surface area contributed by atoms with E-state index in [2.05, 4.69) is 11.4 Å². The first-order valence-corrected chi connectivity index (χ1v) is 7.68. The number of nitrogens with zero attached hydrogens (tertiary/aromatic N) is 1. The van der Waals surface area contributed by atoms with Crippen molar-refractivity contribution < 1.29 is 9.21 Å². The third-order valence-electron chi connectivity index (χ3n) is 3.56. The summed E-state index contributed by atoms with van der Waals surface area (Å²) in [7, 11) is 0. The second-order valence-electron chi connectivity index (χ2n) is 4.91. The second kappa shape index (κ2) is 5.22. The number of rotatable bonds is 2. The van der Waals surface area contributed by atoms with E-state index in [-0.39, 0.29) is 11.7 Å². The van der Waals surface area contributed by atoms with Gasteiger partial charge in [-0.3, -0.25) is 4.79 Å². The normalized spacial score (nSPS) is 17.6. The summed E-state index contributed by atoms with van der Waals surface area (Å²) in [5.74, 6) is 1.75. The van der Waals surface area contributed by atoms with Crippen molar-refractivity contribution in [2.45, 2.75) is 18.4 Å². The maximum atomic E-state index is 12.3. The van der Waals surface area contributed by atoms with Gasteiger partial charge >= 0.3 is 0 Å². The van der Waals surface area contributed by atoms with Gasteiger partial charge < -0.3 is 9.73 Å². The molecule has 0 bridgehead atoms. The molecule has 1 saturated heterocycles. The zero-order valence-corrected chi connectivity index (χ0v) is 11.7. The number of furan rings is 1. The van der Waals surface area contributed by atoms with Gasteiger partial charge in [0.1, 0.15) is 11.1 Å². The molecule has 5 heteroatoms. The molecular formula is C15H14N2O2S. The zero-order chi connectivity index (χ0) is 14.0. The Kier molecular flexibility index (Phi) is 3.41. The first-order valence-electron chi connectivity index (χ1n) is 6.53. The molecule has 1 aliphatic rings. The molecule has 0 radical (unpaired) electrons. The fourth-order valence-corrected chi connectivity index (χ4v) is 3.55. The van der Waals surface area contributed by atoms with E-state index in [0.29, 0.717) is 18.4 Å². The number of fused-ring (bicyclic) bond motifs is 1. The van der Waals surface area contributed by atoms with Gasteiger partial charge in [-0.2, -0.15) is 17.0 Å². The van der Waals surface area contributed by atoms with Crippen molar-refractivity contribution in [3.63, 3.8) is 0 Å². The minimum Gasteiger partial charge on any atom is -0.451 e. The lowest BCUT2D eigenvalue weighted by Crippen LogP contribution is -2.49. The molecule has 0 atom stereocenters. The van der Waals surface area contributed by atoms with Gasteiger partial charge in [0.05, 0.1) is 6.07 Å². The molecule has 20 heavy (non-hydrogen) atoms. The molecule has 0 spiro atoms. The van der Waals surface area contributed by atoms with Crippen LogP contribution in [0.3, 0.4) is 0 Å². The minimum absolute atomic E-state index is 0.263. The Bertz CT molecular complexity index is 647. The van der Waals surface area contributed by atoms with E-state index >= 15 is 0 Å². The van der Waals surface area contributed by atoms with Crippen molar-refractivity contribution in [3.8, 4) is 6.07 Å². The number of nitriles is 1. The molecule has 2 heterocycles. The molecule has 102 valence electrons. The Morgan fingerprint density at radius 2 is 2.10 bits per heavy atom. The molecule has 1 N–H and O–H groups in total. The van der Waals surface area contributed by atoms with Gasteiger partial charge in [0.15, 0.2) is 5.76 Å². The van der Waals surface area contributed by atoms with E-state index in [1.165, 1.54) is 0 Å². The van der Waals surface area contributed by atoms with Crippen LogP contribution in [0.4, 0.5) is 0 Å². The van der Waals surface area contributed by atoms with Crippen LogP contribution < -0.4 is 5.32 Å². The van der Waals surface area contributed by atoms with Gasteiger partial charge in [0.2, 0.25) is 0 Å². The van der Waals surface area contributed by atoms with Crippen molar-refractivity contribution in [1.82, 2.24) is 5.32 Å². The van der Waals surface area contributed by atoms with Crippen LogP contribution in [0.25, 0.3) is 11.0 Å². The van der Waals surface area contributed by atoms with Gasteiger partial charge in [0, 0.05) is 5.39 Å².